The molecule has 0 bridgehead atoms. The monoisotopic (exact) mass is 200 g/mol. The van der Waals surface area contributed by atoms with Gasteiger partial charge in [-0.25, -0.2) is 0 Å². The van der Waals surface area contributed by atoms with Gasteiger partial charge in [-0.2, -0.15) is 0 Å². The van der Waals surface area contributed by atoms with E-state index < -0.39 is 6.04 Å². The van der Waals surface area contributed by atoms with E-state index in [0.29, 0.717) is 5.92 Å². The molecule has 0 spiro atoms. The topological polar surface area (TPSA) is 55.6 Å². The van der Waals surface area contributed by atoms with Crippen molar-refractivity contribution in [1.82, 2.24) is 4.90 Å². The molecule has 0 aromatic rings. The van der Waals surface area contributed by atoms with Gasteiger partial charge in [-0.3, -0.25) is 4.79 Å². The van der Waals surface area contributed by atoms with Gasteiger partial charge in [-0.1, -0.05) is 0 Å². The number of nitrogens with two attached hydrogens (primary N) is 1. The molecule has 4 heteroatoms. The first-order chi connectivity index (χ1) is 6.65. The zero-order chi connectivity index (χ0) is 10.6. The van der Waals surface area contributed by atoms with Gasteiger partial charge < -0.3 is 15.4 Å². The summed E-state index contributed by atoms with van der Waals surface area (Å²) in [5.74, 6) is 0.539. The first-order valence-corrected chi connectivity index (χ1v) is 5.27. The van der Waals surface area contributed by atoms with E-state index in [2.05, 4.69) is 0 Å². The molecule has 0 aromatic carbocycles. The summed E-state index contributed by atoms with van der Waals surface area (Å²) in [6, 6.07) is -0.391. The number of amides is 1. The molecule has 2 atom stereocenters. The van der Waals surface area contributed by atoms with E-state index in [0.717, 1.165) is 32.7 Å². The van der Waals surface area contributed by atoms with E-state index >= 15 is 0 Å². The Hall–Kier alpha value is -0.610. The lowest BCUT2D eigenvalue weighted by molar-refractivity contribution is -0.132. The van der Waals surface area contributed by atoms with E-state index in [9.17, 15) is 4.79 Å². The SMILES string of the molecule is CCN(CC1CCOC1)C(=O)C(C)N. The maximum Gasteiger partial charge on any atom is 0.239 e. The number of ether oxygens (including phenoxy) is 1. The molecule has 0 aliphatic carbocycles. The van der Waals surface area contributed by atoms with Crippen LogP contribution >= 0.6 is 0 Å². The van der Waals surface area contributed by atoms with Crippen LogP contribution in [-0.2, 0) is 9.53 Å². The lowest BCUT2D eigenvalue weighted by atomic mass is 10.1. The van der Waals surface area contributed by atoms with Gasteiger partial charge >= 0.3 is 0 Å². The molecule has 1 fully saturated rings. The minimum atomic E-state index is -0.391. The molecule has 1 amide bonds. The average molecular weight is 200 g/mol. The summed E-state index contributed by atoms with van der Waals surface area (Å²) in [5, 5.41) is 0. The number of carbonyl (C=O) groups excluding carboxylic acids is 1. The molecule has 1 rings (SSSR count). The fourth-order valence-electron chi connectivity index (χ4n) is 1.70. The quantitative estimate of drug-likeness (QED) is 0.706. The fourth-order valence-corrected chi connectivity index (χ4v) is 1.70. The largest absolute Gasteiger partial charge is 0.381 e. The first kappa shape index (κ1) is 11.5. The Balaban J connectivity index is 2.41. The standard InChI is InChI=1S/C10H20N2O2/c1-3-12(10(13)8(2)11)6-9-4-5-14-7-9/h8-9H,3-7,11H2,1-2H3. The van der Waals surface area contributed by atoms with Crippen molar-refractivity contribution >= 4 is 5.91 Å². The van der Waals surface area contributed by atoms with Crippen molar-refractivity contribution in [1.29, 1.82) is 0 Å². The van der Waals surface area contributed by atoms with Gasteiger partial charge in [-0.05, 0) is 20.3 Å². The molecule has 0 aromatic heterocycles. The Morgan fingerprint density at radius 1 is 1.71 bits per heavy atom. The third-order valence-electron chi connectivity index (χ3n) is 2.59. The Morgan fingerprint density at radius 3 is 2.86 bits per heavy atom. The smallest absolute Gasteiger partial charge is 0.239 e. The number of carbonyl (C=O) groups is 1. The van der Waals surface area contributed by atoms with Crippen molar-refractivity contribution < 1.29 is 9.53 Å². The lowest BCUT2D eigenvalue weighted by Gasteiger charge is -2.25. The van der Waals surface area contributed by atoms with Crippen molar-refractivity contribution in [2.24, 2.45) is 11.7 Å². The zero-order valence-electron chi connectivity index (χ0n) is 9.03. The number of likely N-dealkylation sites (N-methyl/N-ethyl adjacent to an activating group) is 1. The second-order valence-electron chi connectivity index (χ2n) is 3.90. The molecule has 0 radical (unpaired) electrons. The highest BCUT2D eigenvalue weighted by atomic mass is 16.5. The summed E-state index contributed by atoms with van der Waals surface area (Å²) in [7, 11) is 0. The number of rotatable bonds is 4. The molecule has 14 heavy (non-hydrogen) atoms. The molecule has 1 aliphatic rings. The lowest BCUT2D eigenvalue weighted by Crippen LogP contribution is -2.44. The van der Waals surface area contributed by atoms with Crippen LogP contribution < -0.4 is 5.73 Å². The maximum absolute atomic E-state index is 11.6. The normalized spacial score (nSPS) is 23.5. The minimum Gasteiger partial charge on any atom is -0.381 e. The third-order valence-corrected chi connectivity index (χ3v) is 2.59. The highest BCUT2D eigenvalue weighted by Gasteiger charge is 2.22. The van der Waals surface area contributed by atoms with Gasteiger partial charge in [0.25, 0.3) is 0 Å². The van der Waals surface area contributed by atoms with Crippen LogP contribution in [0.4, 0.5) is 0 Å². The fraction of sp³-hybridized carbons (Fsp3) is 0.900. The first-order valence-electron chi connectivity index (χ1n) is 5.27. The third kappa shape index (κ3) is 2.96. The van der Waals surface area contributed by atoms with Gasteiger partial charge in [0.15, 0.2) is 0 Å². The highest BCUT2D eigenvalue weighted by Crippen LogP contribution is 2.14. The highest BCUT2D eigenvalue weighted by molar-refractivity contribution is 5.81. The van der Waals surface area contributed by atoms with Crippen molar-refractivity contribution in [2.45, 2.75) is 26.3 Å². The van der Waals surface area contributed by atoms with Crippen molar-refractivity contribution in [2.75, 3.05) is 26.3 Å². The maximum atomic E-state index is 11.6. The molecular weight excluding hydrogens is 180 g/mol. The molecule has 2 unspecified atom stereocenters. The molecule has 1 aliphatic heterocycles. The van der Waals surface area contributed by atoms with Crippen molar-refractivity contribution in [3.05, 3.63) is 0 Å². The number of hydrogen-bond donors (Lipinski definition) is 1. The summed E-state index contributed by atoms with van der Waals surface area (Å²) in [6.07, 6.45) is 1.06. The molecule has 0 saturated carbocycles. The number of nitrogens with zero attached hydrogens (tertiary/aromatic N) is 1. The predicted octanol–water partition coefficient (Wildman–Crippen LogP) is 0.219. The predicted molar refractivity (Wildman–Crippen MR) is 54.8 cm³/mol. The van der Waals surface area contributed by atoms with Crippen molar-refractivity contribution in [3.8, 4) is 0 Å². The van der Waals surface area contributed by atoms with Gasteiger partial charge in [0.2, 0.25) is 5.91 Å². The van der Waals surface area contributed by atoms with Crippen LogP contribution in [-0.4, -0.2) is 43.2 Å². The molecule has 82 valence electrons. The Bertz CT molecular complexity index is 189. The summed E-state index contributed by atoms with van der Waals surface area (Å²) in [4.78, 5) is 13.4. The molecule has 1 saturated heterocycles. The van der Waals surface area contributed by atoms with Crippen LogP contribution in [0.1, 0.15) is 20.3 Å². The van der Waals surface area contributed by atoms with Gasteiger partial charge in [0.05, 0.1) is 12.6 Å². The van der Waals surface area contributed by atoms with Gasteiger partial charge in [-0.15, -0.1) is 0 Å². The molecule has 2 N–H and O–H groups in total. The van der Waals surface area contributed by atoms with Crippen LogP contribution in [0.15, 0.2) is 0 Å². The van der Waals surface area contributed by atoms with Gasteiger partial charge in [0.1, 0.15) is 0 Å². The zero-order valence-corrected chi connectivity index (χ0v) is 9.03. The van der Waals surface area contributed by atoms with E-state index in [1.807, 2.05) is 11.8 Å². The Morgan fingerprint density at radius 2 is 2.43 bits per heavy atom. The summed E-state index contributed by atoms with van der Waals surface area (Å²) in [5.41, 5.74) is 5.56. The number of hydrogen-bond acceptors (Lipinski definition) is 3. The van der Waals surface area contributed by atoms with Crippen LogP contribution in [0.2, 0.25) is 0 Å². The second kappa shape index (κ2) is 5.32. The summed E-state index contributed by atoms with van der Waals surface area (Å²) >= 11 is 0. The Labute approximate surface area is 85.4 Å². The van der Waals surface area contributed by atoms with Crippen molar-refractivity contribution in [3.63, 3.8) is 0 Å². The Kier molecular flexibility index (Phi) is 4.35. The summed E-state index contributed by atoms with van der Waals surface area (Å²) in [6.45, 7) is 6.84. The van der Waals surface area contributed by atoms with E-state index in [1.165, 1.54) is 0 Å². The minimum absolute atomic E-state index is 0.0411. The molecular formula is C10H20N2O2. The molecule has 4 nitrogen and oxygen atoms in total. The van der Waals surface area contributed by atoms with E-state index in [1.54, 1.807) is 6.92 Å². The van der Waals surface area contributed by atoms with Crippen LogP contribution in [0.5, 0.6) is 0 Å². The van der Waals surface area contributed by atoms with Gasteiger partial charge in [0, 0.05) is 25.6 Å². The molecule has 1 heterocycles. The summed E-state index contributed by atoms with van der Waals surface area (Å²) < 4.78 is 5.27. The average Bonchev–Trinajstić information content (AvgIpc) is 2.65. The van der Waals surface area contributed by atoms with Crippen LogP contribution in [0.3, 0.4) is 0 Å². The van der Waals surface area contributed by atoms with E-state index in [-0.39, 0.29) is 5.91 Å². The van der Waals surface area contributed by atoms with E-state index in [4.69, 9.17) is 10.5 Å². The van der Waals surface area contributed by atoms with Crippen LogP contribution in [0.25, 0.3) is 0 Å². The second-order valence-corrected chi connectivity index (χ2v) is 3.90. The van der Waals surface area contributed by atoms with Crippen LogP contribution in [0, 0.1) is 5.92 Å².